The van der Waals surface area contributed by atoms with Gasteiger partial charge in [0, 0.05) is 0 Å². The molecule has 0 saturated heterocycles. The van der Waals surface area contributed by atoms with E-state index in [0.29, 0.717) is 0 Å². The first-order valence-electron chi connectivity index (χ1n) is 0.730. The van der Waals surface area contributed by atoms with Crippen molar-refractivity contribution in [3.05, 3.63) is 0 Å². The third kappa shape index (κ3) is 48.1. The minimum absolute atomic E-state index is 0. The maximum Gasteiger partial charge on any atom is 1.00 e. The van der Waals surface area contributed by atoms with Crippen LogP contribution in [0.25, 0.3) is 0 Å². The molecule has 0 atom stereocenters. The Bertz CT molecular complexity index is 15.5. The van der Waals surface area contributed by atoms with Gasteiger partial charge in [-0.15, -0.1) is 0 Å². The van der Waals surface area contributed by atoms with Gasteiger partial charge >= 0.3 is 48.4 Å². The summed E-state index contributed by atoms with van der Waals surface area (Å²) in [6, 6.07) is 0. The van der Waals surface area contributed by atoms with Crippen molar-refractivity contribution in [1.82, 2.24) is 0 Å². The SMILES string of the molecule is [Li+].[Na+].[O-]B([O-])O. The maximum atomic E-state index is 8.53. The van der Waals surface area contributed by atoms with E-state index in [-0.39, 0.29) is 48.4 Å². The molecule has 3 nitrogen and oxygen atoms in total. The third-order valence-electron chi connectivity index (χ3n) is 0. The largest absolute Gasteiger partial charge is 1.00 e. The maximum absolute atomic E-state index is 8.53. The summed E-state index contributed by atoms with van der Waals surface area (Å²) < 4.78 is 0. The summed E-state index contributed by atoms with van der Waals surface area (Å²) in [7, 11) is -2.67. The fourth-order valence-corrected chi connectivity index (χ4v) is 0. The molecular formula is HBLiNaO3. The van der Waals surface area contributed by atoms with E-state index >= 15 is 0 Å². The van der Waals surface area contributed by atoms with Crippen molar-refractivity contribution in [3.63, 3.8) is 0 Å². The van der Waals surface area contributed by atoms with Crippen molar-refractivity contribution in [2.45, 2.75) is 0 Å². The summed E-state index contributed by atoms with van der Waals surface area (Å²) in [4.78, 5) is 0. The Labute approximate surface area is 70.4 Å². The fourth-order valence-electron chi connectivity index (χ4n) is 0. The predicted octanol–water partition coefficient (Wildman–Crippen LogP) is -9.31. The van der Waals surface area contributed by atoms with Crippen LogP contribution in [0.5, 0.6) is 0 Å². The van der Waals surface area contributed by atoms with Gasteiger partial charge in [0.2, 0.25) is 0 Å². The Kier molecular flexibility index (Phi) is 25.4. The second kappa shape index (κ2) is 9.74. The van der Waals surface area contributed by atoms with Crippen molar-refractivity contribution >= 4 is 7.32 Å². The average Bonchev–Trinajstić information content (AvgIpc) is 0.811. The van der Waals surface area contributed by atoms with Crippen LogP contribution in [0.1, 0.15) is 0 Å². The van der Waals surface area contributed by atoms with Crippen LogP contribution in [0.2, 0.25) is 0 Å². The summed E-state index contributed by atoms with van der Waals surface area (Å²) in [6.45, 7) is 0. The molecular weight excluding hydrogens is 88.7 g/mol. The summed E-state index contributed by atoms with van der Waals surface area (Å²) in [5.74, 6) is 0. The Morgan fingerprint density at radius 1 is 1.33 bits per heavy atom. The first-order valence-corrected chi connectivity index (χ1v) is 0.730. The minimum atomic E-state index is -2.67. The van der Waals surface area contributed by atoms with Crippen molar-refractivity contribution in [2.24, 2.45) is 0 Å². The smallest absolute Gasteiger partial charge is 0.871 e. The molecule has 1 N–H and O–H groups in total. The topological polar surface area (TPSA) is 66.3 Å². The molecule has 0 aliphatic rings. The monoisotopic (exact) mass is 90.0 g/mol. The van der Waals surface area contributed by atoms with Crippen LogP contribution in [-0.2, 0) is 0 Å². The van der Waals surface area contributed by atoms with E-state index in [1.807, 2.05) is 0 Å². The van der Waals surface area contributed by atoms with Gasteiger partial charge in [-0.1, -0.05) is 0 Å². The molecule has 0 unspecified atom stereocenters. The summed E-state index contributed by atoms with van der Waals surface area (Å²) in [5, 5.41) is 24.0. The van der Waals surface area contributed by atoms with Gasteiger partial charge in [0.05, 0.1) is 7.32 Å². The van der Waals surface area contributed by atoms with Crippen LogP contribution in [0.3, 0.4) is 0 Å². The molecule has 6 heavy (non-hydrogen) atoms. The molecule has 0 aromatic heterocycles. The average molecular weight is 89.7 g/mol. The van der Waals surface area contributed by atoms with Crippen LogP contribution < -0.4 is 58.5 Å². The molecule has 0 aliphatic carbocycles. The van der Waals surface area contributed by atoms with Gasteiger partial charge < -0.3 is 15.1 Å². The fraction of sp³-hybridized carbons (Fsp3) is 0. The van der Waals surface area contributed by atoms with Crippen molar-refractivity contribution < 1.29 is 63.5 Å². The van der Waals surface area contributed by atoms with Crippen molar-refractivity contribution in [2.75, 3.05) is 0 Å². The number of hydrogen-bond acceptors (Lipinski definition) is 3. The molecule has 0 saturated carbocycles. The number of rotatable bonds is 0. The van der Waals surface area contributed by atoms with E-state index in [9.17, 15) is 0 Å². The van der Waals surface area contributed by atoms with Crippen molar-refractivity contribution in [1.29, 1.82) is 0 Å². The van der Waals surface area contributed by atoms with Crippen LogP contribution in [0, 0.1) is 0 Å². The summed E-state index contributed by atoms with van der Waals surface area (Å²) >= 11 is 0. The van der Waals surface area contributed by atoms with E-state index in [4.69, 9.17) is 15.1 Å². The van der Waals surface area contributed by atoms with E-state index in [2.05, 4.69) is 0 Å². The molecule has 6 heteroatoms. The first kappa shape index (κ1) is 15.6. The Hall–Kier alpha value is 1.54. The van der Waals surface area contributed by atoms with Gasteiger partial charge in [0.15, 0.2) is 0 Å². The van der Waals surface area contributed by atoms with E-state index in [1.54, 1.807) is 0 Å². The zero-order chi connectivity index (χ0) is 3.58. The third-order valence-corrected chi connectivity index (χ3v) is 0. The number of hydrogen-bond donors (Lipinski definition) is 1. The van der Waals surface area contributed by atoms with E-state index in [0.717, 1.165) is 0 Å². The molecule has 0 fully saturated rings. The first-order chi connectivity index (χ1) is 1.73. The quantitative estimate of drug-likeness (QED) is 0.300. The molecule has 0 radical (unpaired) electrons. The second-order valence-corrected chi connectivity index (χ2v) is 0.307. The zero-order valence-corrected chi connectivity index (χ0v) is 5.84. The van der Waals surface area contributed by atoms with Crippen LogP contribution in [0.4, 0.5) is 0 Å². The van der Waals surface area contributed by atoms with Gasteiger partial charge in [-0.2, -0.15) is 0 Å². The summed E-state index contributed by atoms with van der Waals surface area (Å²) in [6.07, 6.45) is 0. The molecule has 0 heterocycles. The molecule has 0 amide bonds. The standard InChI is InChI=1S/BHO3.Li.Na/c2-1(3)4;;/h2H;;/q-2;2*+1. The normalized spacial score (nSPS) is 4.50. The Balaban J connectivity index is -0.0000000450. The molecule has 0 aromatic carbocycles. The molecule has 0 rings (SSSR count). The predicted molar refractivity (Wildman–Crippen MR) is 7.97 cm³/mol. The molecule has 0 spiro atoms. The van der Waals surface area contributed by atoms with Gasteiger partial charge in [0.25, 0.3) is 0 Å². The second-order valence-electron chi connectivity index (χ2n) is 0.307. The zero-order valence-electron chi connectivity index (χ0n) is 3.84. The van der Waals surface area contributed by atoms with Crippen LogP contribution >= 0.6 is 0 Å². The molecule has 0 aliphatic heterocycles. The van der Waals surface area contributed by atoms with Crippen LogP contribution in [-0.4, -0.2) is 12.3 Å². The molecule has 0 aromatic rings. The molecule has 0 bridgehead atoms. The minimum Gasteiger partial charge on any atom is -0.871 e. The van der Waals surface area contributed by atoms with E-state index < -0.39 is 7.32 Å². The van der Waals surface area contributed by atoms with Crippen molar-refractivity contribution in [3.8, 4) is 0 Å². The Morgan fingerprint density at radius 3 is 1.33 bits per heavy atom. The molecule has 24 valence electrons. The van der Waals surface area contributed by atoms with Gasteiger partial charge in [-0.25, -0.2) is 0 Å². The van der Waals surface area contributed by atoms with Gasteiger partial charge in [-0.05, 0) is 0 Å². The Morgan fingerprint density at radius 2 is 1.33 bits per heavy atom. The summed E-state index contributed by atoms with van der Waals surface area (Å²) in [5.41, 5.74) is 0. The van der Waals surface area contributed by atoms with E-state index in [1.165, 1.54) is 0 Å². The van der Waals surface area contributed by atoms with Gasteiger partial charge in [0.1, 0.15) is 0 Å². The van der Waals surface area contributed by atoms with Crippen LogP contribution in [0.15, 0.2) is 0 Å². The van der Waals surface area contributed by atoms with Gasteiger partial charge in [-0.3, -0.25) is 0 Å².